The lowest BCUT2D eigenvalue weighted by Gasteiger charge is -2.15. The first-order chi connectivity index (χ1) is 6.54. The van der Waals surface area contributed by atoms with E-state index in [9.17, 15) is 13.3 Å². The van der Waals surface area contributed by atoms with E-state index in [-0.39, 0.29) is 0 Å². The fourth-order valence-electron chi connectivity index (χ4n) is 0.387. The predicted octanol–water partition coefficient (Wildman–Crippen LogP) is 0.205. The van der Waals surface area contributed by atoms with Gasteiger partial charge in [0.15, 0.2) is 0 Å². The summed E-state index contributed by atoms with van der Waals surface area (Å²) in [4.78, 5) is 0. The molecule has 0 aliphatic rings. The molecule has 0 heterocycles. The minimum atomic E-state index is -4.21. The van der Waals surface area contributed by atoms with Crippen molar-refractivity contribution in [2.75, 3.05) is 13.2 Å². The van der Waals surface area contributed by atoms with Crippen molar-refractivity contribution in [3.8, 4) is 24.7 Å². The van der Waals surface area contributed by atoms with Crippen molar-refractivity contribution < 1.29 is 26.3 Å². The Morgan fingerprint density at radius 2 is 1.71 bits per heavy atom. The number of phosphoric ester groups is 1. The van der Waals surface area contributed by atoms with Crippen LogP contribution >= 0.6 is 7.82 Å². The van der Waals surface area contributed by atoms with Crippen molar-refractivity contribution in [3.63, 3.8) is 0 Å². The Kier molecular flexibility index (Phi) is 6.43. The van der Waals surface area contributed by atoms with E-state index in [0.29, 0.717) is 0 Å². The van der Waals surface area contributed by atoms with E-state index in [4.69, 9.17) is 12.8 Å². The lowest BCUT2D eigenvalue weighted by atomic mass is 10.8. The first-order valence-electron chi connectivity index (χ1n) is 3.09. The van der Waals surface area contributed by atoms with Gasteiger partial charge in [0.05, 0.1) is 11.4 Å². The minimum Gasteiger partial charge on any atom is -0.749 e. The Morgan fingerprint density at radius 3 is 2.00 bits per heavy atom. The molecule has 1 unspecified atom stereocenters. The fraction of sp³-hybridized carbons (Fsp3) is 0.333. The summed E-state index contributed by atoms with van der Waals surface area (Å²) in [6.45, 7) is -0.835. The topological polar surface area (TPSA) is 84.9 Å². The lowest BCUT2D eigenvalue weighted by molar-refractivity contribution is 0.185. The van der Waals surface area contributed by atoms with Crippen molar-refractivity contribution in [3.05, 3.63) is 0 Å². The predicted molar refractivity (Wildman–Crippen MR) is 47.2 cm³/mol. The molecular formula is C6H6O6PS-. The zero-order chi connectivity index (χ0) is 11.0. The van der Waals surface area contributed by atoms with Crippen molar-refractivity contribution >= 4 is 19.2 Å². The molecule has 1 atom stereocenters. The minimum absolute atomic E-state index is 0.418. The van der Waals surface area contributed by atoms with Gasteiger partial charge >= 0.3 is 7.82 Å². The molecule has 0 saturated heterocycles. The van der Waals surface area contributed by atoms with Gasteiger partial charge in [-0.3, -0.25) is 9.05 Å². The molecule has 0 amide bonds. The van der Waals surface area contributed by atoms with E-state index in [1.165, 1.54) is 0 Å². The Bertz CT molecular complexity index is 304. The second-order valence-electron chi connectivity index (χ2n) is 1.68. The zero-order valence-electron chi connectivity index (χ0n) is 6.87. The maximum atomic E-state index is 11.3. The molecule has 0 aliphatic heterocycles. The van der Waals surface area contributed by atoms with Crippen molar-refractivity contribution in [1.82, 2.24) is 0 Å². The number of hydrogen-bond donors (Lipinski definition) is 0. The fourth-order valence-corrected chi connectivity index (χ4v) is 1.87. The third kappa shape index (κ3) is 5.90. The van der Waals surface area contributed by atoms with Crippen LogP contribution in [0.3, 0.4) is 0 Å². The van der Waals surface area contributed by atoms with E-state index in [0.717, 1.165) is 0 Å². The van der Waals surface area contributed by atoms with E-state index in [1.54, 1.807) is 0 Å². The van der Waals surface area contributed by atoms with Crippen LogP contribution in [0.2, 0.25) is 0 Å². The number of terminal acetylenes is 2. The molecule has 0 spiro atoms. The molecule has 78 valence electrons. The van der Waals surface area contributed by atoms with Crippen molar-refractivity contribution in [1.29, 1.82) is 0 Å². The molecule has 0 aliphatic carbocycles. The van der Waals surface area contributed by atoms with Crippen LogP contribution in [0.25, 0.3) is 0 Å². The van der Waals surface area contributed by atoms with Gasteiger partial charge in [0.1, 0.15) is 13.2 Å². The van der Waals surface area contributed by atoms with Crippen molar-refractivity contribution in [2.24, 2.45) is 0 Å². The van der Waals surface area contributed by atoms with Crippen LogP contribution in [0, 0.1) is 24.7 Å². The quantitative estimate of drug-likeness (QED) is 0.373. The van der Waals surface area contributed by atoms with E-state index in [2.05, 4.69) is 13.0 Å². The number of phosphoric acid groups is 1. The van der Waals surface area contributed by atoms with Gasteiger partial charge in [0.2, 0.25) is 0 Å². The molecular weight excluding hydrogens is 231 g/mol. The molecule has 0 N–H and O–H groups in total. The first-order valence-corrected chi connectivity index (χ1v) is 5.55. The van der Waals surface area contributed by atoms with E-state index >= 15 is 0 Å². The summed E-state index contributed by atoms with van der Waals surface area (Å²) in [7, 11) is -4.21. The number of rotatable bonds is 6. The molecule has 6 nitrogen and oxygen atoms in total. The summed E-state index contributed by atoms with van der Waals surface area (Å²) in [6, 6.07) is 0. The Morgan fingerprint density at radius 1 is 1.29 bits per heavy atom. The van der Waals surface area contributed by atoms with Crippen LogP contribution in [0.4, 0.5) is 0 Å². The van der Waals surface area contributed by atoms with Crippen LogP contribution in [0.15, 0.2) is 0 Å². The molecule has 0 fully saturated rings. The average molecular weight is 237 g/mol. The standard InChI is InChI=1S/C6H7O6PS/c1-3-5-10-13(7,11-6-4-2)12-14(8)9/h1-2H,5-6H2,(H,8,9)/p-1. The van der Waals surface area contributed by atoms with Crippen LogP contribution in [-0.4, -0.2) is 22.0 Å². The second-order valence-corrected chi connectivity index (χ2v) is 4.10. The molecule has 0 aromatic rings. The summed E-state index contributed by atoms with van der Waals surface area (Å²) in [5.74, 6) is 3.93. The maximum absolute atomic E-state index is 11.3. The van der Waals surface area contributed by atoms with Gasteiger partial charge in [0.25, 0.3) is 0 Å². The molecule has 0 saturated carbocycles. The van der Waals surface area contributed by atoms with Gasteiger partial charge in [-0.2, -0.15) is 3.97 Å². The molecule has 0 aromatic carbocycles. The highest BCUT2D eigenvalue weighted by Gasteiger charge is 2.27. The molecule has 0 radical (unpaired) electrons. The molecule has 0 aromatic heterocycles. The lowest BCUT2D eigenvalue weighted by Crippen LogP contribution is -2.02. The molecule has 0 bridgehead atoms. The monoisotopic (exact) mass is 237 g/mol. The van der Waals surface area contributed by atoms with Crippen LogP contribution in [-0.2, 0) is 28.9 Å². The Labute approximate surface area is 84.0 Å². The first kappa shape index (κ1) is 13.3. The third-order valence-corrected chi connectivity index (χ3v) is 2.87. The van der Waals surface area contributed by atoms with Gasteiger partial charge in [-0.05, 0) is 0 Å². The second kappa shape index (κ2) is 6.74. The largest absolute Gasteiger partial charge is 0.749 e. The molecule has 0 rings (SSSR count). The zero-order valence-corrected chi connectivity index (χ0v) is 8.58. The Hall–Kier alpha value is -0.660. The SMILES string of the molecule is C#CCOP(=O)(OCC#C)OS(=O)[O-]. The van der Waals surface area contributed by atoms with Gasteiger partial charge < -0.3 is 4.55 Å². The van der Waals surface area contributed by atoms with Crippen molar-refractivity contribution in [2.45, 2.75) is 0 Å². The Balaban J connectivity index is 4.36. The van der Waals surface area contributed by atoms with Crippen LogP contribution < -0.4 is 0 Å². The smallest absolute Gasteiger partial charge is 0.489 e. The van der Waals surface area contributed by atoms with E-state index < -0.39 is 32.4 Å². The highest BCUT2D eigenvalue weighted by molar-refractivity contribution is 7.79. The maximum Gasteiger partial charge on any atom is 0.489 e. The summed E-state index contributed by atoms with van der Waals surface area (Å²) >= 11 is -3.04. The molecule has 14 heavy (non-hydrogen) atoms. The van der Waals surface area contributed by atoms with Crippen LogP contribution in [0.5, 0.6) is 0 Å². The normalized spacial score (nSPS) is 12.8. The highest BCUT2D eigenvalue weighted by atomic mass is 32.2. The average Bonchev–Trinajstić information content (AvgIpc) is 2.11. The third-order valence-electron chi connectivity index (χ3n) is 0.764. The van der Waals surface area contributed by atoms with E-state index in [1.807, 2.05) is 11.8 Å². The van der Waals surface area contributed by atoms with Gasteiger partial charge in [-0.15, -0.1) is 12.8 Å². The van der Waals surface area contributed by atoms with Gasteiger partial charge in [0, 0.05) is 0 Å². The van der Waals surface area contributed by atoms with Gasteiger partial charge in [-0.25, -0.2) is 8.77 Å². The summed E-state index contributed by atoms with van der Waals surface area (Å²) < 4.78 is 44.1. The van der Waals surface area contributed by atoms with Crippen LogP contribution in [0.1, 0.15) is 0 Å². The number of hydrogen-bond acceptors (Lipinski definition) is 6. The summed E-state index contributed by atoms with van der Waals surface area (Å²) in [6.07, 6.45) is 9.59. The molecule has 8 heteroatoms. The summed E-state index contributed by atoms with van der Waals surface area (Å²) in [5.41, 5.74) is 0. The van der Waals surface area contributed by atoms with Gasteiger partial charge in [-0.1, -0.05) is 11.8 Å². The highest BCUT2D eigenvalue weighted by Crippen LogP contribution is 2.49. The summed E-state index contributed by atoms with van der Waals surface area (Å²) in [5, 5.41) is 0.